The van der Waals surface area contributed by atoms with Gasteiger partial charge in [0, 0.05) is 21.6 Å². The number of anilines is 1. The Morgan fingerprint density at radius 3 is 2.80 bits per heavy atom. The van der Waals surface area contributed by atoms with E-state index in [-0.39, 0.29) is 5.97 Å². The molecule has 1 N–H and O–H groups in total. The zero-order valence-corrected chi connectivity index (χ0v) is 14.8. The van der Waals surface area contributed by atoms with Crippen LogP contribution in [0.5, 0.6) is 0 Å². The van der Waals surface area contributed by atoms with Crippen molar-refractivity contribution in [3.63, 3.8) is 0 Å². The maximum atomic E-state index is 11.7. The molecule has 0 radical (unpaired) electrons. The van der Waals surface area contributed by atoms with Crippen LogP contribution in [0.2, 0.25) is 0 Å². The van der Waals surface area contributed by atoms with Crippen LogP contribution in [-0.2, 0) is 11.3 Å². The van der Waals surface area contributed by atoms with E-state index in [1.54, 1.807) is 30.4 Å². The van der Waals surface area contributed by atoms with Crippen molar-refractivity contribution in [2.45, 2.75) is 13.5 Å². The number of rotatable bonds is 5. The molecular formula is C14H13Br2NO2S. The number of benzene rings is 1. The molecule has 0 aliphatic carbocycles. The van der Waals surface area contributed by atoms with Crippen molar-refractivity contribution >= 4 is 54.9 Å². The van der Waals surface area contributed by atoms with Gasteiger partial charge in [0.15, 0.2) is 0 Å². The van der Waals surface area contributed by atoms with Crippen LogP contribution in [0.1, 0.15) is 22.2 Å². The molecule has 1 aromatic carbocycles. The molecule has 3 nitrogen and oxygen atoms in total. The summed E-state index contributed by atoms with van der Waals surface area (Å²) in [5.74, 6) is -0.294. The highest BCUT2D eigenvalue weighted by atomic mass is 79.9. The lowest BCUT2D eigenvalue weighted by Gasteiger charge is -2.07. The molecule has 6 heteroatoms. The van der Waals surface area contributed by atoms with E-state index in [2.05, 4.69) is 43.2 Å². The van der Waals surface area contributed by atoms with E-state index in [1.165, 1.54) is 4.88 Å². The third kappa shape index (κ3) is 4.07. The number of carbonyl (C=O) groups is 1. The Balaban J connectivity index is 2.02. The molecule has 2 aromatic rings. The standard InChI is InChI=1S/C14H13Br2NO2S/c1-2-19-14(18)9-4-3-5-10(6-9)17-8-11-7-12(15)13(16)20-11/h3-7,17H,2,8H2,1H3. The van der Waals surface area contributed by atoms with E-state index in [9.17, 15) is 4.79 Å². The minimum Gasteiger partial charge on any atom is -0.462 e. The fourth-order valence-electron chi connectivity index (χ4n) is 1.64. The first-order valence-electron chi connectivity index (χ1n) is 6.05. The maximum Gasteiger partial charge on any atom is 0.338 e. The molecule has 0 fully saturated rings. The molecule has 20 heavy (non-hydrogen) atoms. The van der Waals surface area contributed by atoms with Gasteiger partial charge in [-0.1, -0.05) is 6.07 Å². The van der Waals surface area contributed by atoms with Gasteiger partial charge in [0.05, 0.1) is 16.0 Å². The normalized spacial score (nSPS) is 10.3. The van der Waals surface area contributed by atoms with Crippen molar-refractivity contribution in [1.82, 2.24) is 0 Å². The second kappa shape index (κ2) is 7.24. The van der Waals surface area contributed by atoms with Gasteiger partial charge in [-0.05, 0) is 63.0 Å². The third-order valence-corrected chi connectivity index (χ3v) is 5.79. The lowest BCUT2D eigenvalue weighted by Crippen LogP contribution is -2.05. The first kappa shape index (κ1) is 15.5. The van der Waals surface area contributed by atoms with Crippen LogP contribution in [0.15, 0.2) is 38.6 Å². The summed E-state index contributed by atoms with van der Waals surface area (Å²) in [5.41, 5.74) is 1.46. The van der Waals surface area contributed by atoms with Crippen molar-refractivity contribution in [1.29, 1.82) is 0 Å². The number of halogens is 2. The Bertz CT molecular complexity index is 593. The largest absolute Gasteiger partial charge is 0.462 e. The zero-order valence-electron chi connectivity index (χ0n) is 10.8. The number of esters is 1. The highest BCUT2D eigenvalue weighted by Gasteiger charge is 2.07. The van der Waals surface area contributed by atoms with Gasteiger partial charge in [-0.25, -0.2) is 4.79 Å². The monoisotopic (exact) mass is 417 g/mol. The number of ether oxygens (including phenoxy) is 1. The molecule has 0 aliphatic rings. The molecule has 0 aliphatic heterocycles. The summed E-state index contributed by atoms with van der Waals surface area (Å²) >= 11 is 8.61. The number of hydrogen-bond acceptors (Lipinski definition) is 4. The smallest absolute Gasteiger partial charge is 0.338 e. The van der Waals surface area contributed by atoms with Gasteiger partial charge in [-0.15, -0.1) is 11.3 Å². The lowest BCUT2D eigenvalue weighted by molar-refractivity contribution is 0.0526. The average molecular weight is 419 g/mol. The van der Waals surface area contributed by atoms with Crippen LogP contribution in [0.4, 0.5) is 5.69 Å². The Morgan fingerprint density at radius 1 is 1.35 bits per heavy atom. The summed E-state index contributed by atoms with van der Waals surface area (Å²) in [6.45, 7) is 2.89. The van der Waals surface area contributed by atoms with Crippen molar-refractivity contribution in [2.75, 3.05) is 11.9 Å². The van der Waals surface area contributed by atoms with Gasteiger partial charge in [0.1, 0.15) is 0 Å². The van der Waals surface area contributed by atoms with Gasteiger partial charge in [-0.3, -0.25) is 0 Å². The van der Waals surface area contributed by atoms with Crippen LogP contribution < -0.4 is 5.32 Å². The Labute approximate surface area is 138 Å². The Morgan fingerprint density at radius 2 is 2.15 bits per heavy atom. The minimum absolute atomic E-state index is 0.294. The zero-order chi connectivity index (χ0) is 14.5. The molecule has 2 rings (SSSR count). The van der Waals surface area contributed by atoms with Gasteiger partial charge < -0.3 is 10.1 Å². The third-order valence-electron chi connectivity index (χ3n) is 2.54. The number of thiophene rings is 1. The van der Waals surface area contributed by atoms with Crippen molar-refractivity contribution in [3.05, 3.63) is 49.0 Å². The van der Waals surface area contributed by atoms with Crippen LogP contribution in [0, 0.1) is 0 Å². The van der Waals surface area contributed by atoms with Gasteiger partial charge in [0.2, 0.25) is 0 Å². The molecule has 0 amide bonds. The molecule has 0 atom stereocenters. The van der Waals surface area contributed by atoms with Crippen molar-refractivity contribution in [3.8, 4) is 0 Å². The summed E-state index contributed by atoms with van der Waals surface area (Å²) < 4.78 is 7.12. The fraction of sp³-hybridized carbons (Fsp3) is 0.214. The van der Waals surface area contributed by atoms with Gasteiger partial charge in [-0.2, -0.15) is 0 Å². The van der Waals surface area contributed by atoms with Crippen LogP contribution in [-0.4, -0.2) is 12.6 Å². The molecule has 0 bridgehead atoms. The molecule has 106 valence electrons. The summed E-state index contributed by atoms with van der Waals surface area (Å²) in [5, 5.41) is 3.30. The maximum absolute atomic E-state index is 11.7. The highest BCUT2D eigenvalue weighted by molar-refractivity contribution is 9.13. The second-order valence-corrected chi connectivity index (χ2v) is 7.30. The lowest BCUT2D eigenvalue weighted by atomic mass is 10.2. The summed E-state index contributed by atoms with van der Waals surface area (Å²) in [7, 11) is 0. The summed E-state index contributed by atoms with van der Waals surface area (Å²) in [4.78, 5) is 12.9. The van der Waals surface area contributed by atoms with E-state index >= 15 is 0 Å². The van der Waals surface area contributed by atoms with E-state index in [4.69, 9.17) is 4.74 Å². The predicted molar refractivity (Wildman–Crippen MR) is 89.4 cm³/mol. The van der Waals surface area contributed by atoms with Crippen LogP contribution >= 0.6 is 43.2 Å². The molecule has 0 saturated carbocycles. The van der Waals surface area contributed by atoms with Gasteiger partial charge >= 0.3 is 5.97 Å². The van der Waals surface area contributed by atoms with Gasteiger partial charge in [0.25, 0.3) is 0 Å². The minimum atomic E-state index is -0.294. The quantitative estimate of drug-likeness (QED) is 0.689. The first-order chi connectivity index (χ1) is 9.60. The summed E-state index contributed by atoms with van der Waals surface area (Å²) in [6, 6.07) is 9.39. The highest BCUT2D eigenvalue weighted by Crippen LogP contribution is 2.32. The fourth-order valence-corrected chi connectivity index (χ4v) is 3.75. The number of nitrogens with one attached hydrogen (secondary N) is 1. The van der Waals surface area contributed by atoms with Crippen molar-refractivity contribution < 1.29 is 9.53 Å². The Hall–Kier alpha value is -0.850. The van der Waals surface area contributed by atoms with E-state index in [0.29, 0.717) is 18.7 Å². The van der Waals surface area contributed by atoms with E-state index in [1.807, 2.05) is 12.1 Å². The van der Waals surface area contributed by atoms with Crippen LogP contribution in [0.3, 0.4) is 0 Å². The summed E-state index contributed by atoms with van der Waals surface area (Å²) in [6.07, 6.45) is 0. The predicted octanol–water partition coefficient (Wildman–Crippen LogP) is 5.06. The van der Waals surface area contributed by atoms with Crippen molar-refractivity contribution in [2.24, 2.45) is 0 Å². The molecular weight excluding hydrogens is 406 g/mol. The average Bonchev–Trinajstić information content (AvgIpc) is 2.76. The second-order valence-electron chi connectivity index (χ2n) is 3.99. The number of carbonyl (C=O) groups excluding carboxylic acids is 1. The number of hydrogen-bond donors (Lipinski definition) is 1. The molecule has 0 saturated heterocycles. The molecule has 1 aromatic heterocycles. The SMILES string of the molecule is CCOC(=O)c1cccc(NCc2cc(Br)c(Br)s2)c1. The molecule has 1 heterocycles. The molecule has 0 spiro atoms. The topological polar surface area (TPSA) is 38.3 Å². The Kier molecular flexibility index (Phi) is 5.63. The first-order valence-corrected chi connectivity index (χ1v) is 8.45. The van der Waals surface area contributed by atoms with E-state index in [0.717, 1.165) is 13.9 Å². The van der Waals surface area contributed by atoms with E-state index < -0.39 is 0 Å². The van der Waals surface area contributed by atoms with Crippen LogP contribution in [0.25, 0.3) is 0 Å². The molecule has 0 unspecified atom stereocenters.